The Labute approximate surface area is 146 Å². The number of benzene rings is 1. The summed E-state index contributed by atoms with van der Waals surface area (Å²) in [5.74, 6) is -1.36. The minimum Gasteiger partial charge on any atom is -0.481 e. The predicted octanol–water partition coefficient (Wildman–Crippen LogP) is 0.691. The number of carboxylic acids is 1. The minimum atomic E-state index is -3.67. The maximum atomic E-state index is 12.6. The summed E-state index contributed by atoms with van der Waals surface area (Å²) in [6.07, 6.45) is 0.250. The van der Waals surface area contributed by atoms with Gasteiger partial charge >= 0.3 is 5.97 Å². The number of carboxylic acid groups (broad SMARTS) is 1. The molecule has 1 amide bonds. The molecular formula is C16H22N2O6S. The van der Waals surface area contributed by atoms with Crippen LogP contribution in [0, 0.1) is 0 Å². The highest BCUT2D eigenvalue weighted by Gasteiger charge is 2.27. The predicted molar refractivity (Wildman–Crippen MR) is 89.8 cm³/mol. The zero-order chi connectivity index (χ0) is 18.4. The Morgan fingerprint density at radius 3 is 2.64 bits per heavy atom. The van der Waals surface area contributed by atoms with Crippen molar-refractivity contribution < 1.29 is 27.9 Å². The lowest BCUT2D eigenvalue weighted by Gasteiger charge is -2.26. The van der Waals surface area contributed by atoms with Crippen LogP contribution in [0.2, 0.25) is 0 Å². The molecule has 1 heterocycles. The number of morpholine rings is 1. The summed E-state index contributed by atoms with van der Waals surface area (Å²) in [5.41, 5.74) is 0.219. The third-order valence-corrected chi connectivity index (χ3v) is 5.77. The lowest BCUT2D eigenvalue weighted by atomic mass is 10.1. The summed E-state index contributed by atoms with van der Waals surface area (Å²) < 4.78 is 31.8. The SMILES string of the molecule is CC(CCC(=O)O)NC(=O)c1cccc(S(=O)(=O)N2CCOCC2)c1. The van der Waals surface area contributed by atoms with Gasteiger partial charge in [-0.25, -0.2) is 8.42 Å². The normalized spacial score (nSPS) is 17.0. The smallest absolute Gasteiger partial charge is 0.303 e. The molecule has 8 nitrogen and oxygen atoms in total. The summed E-state index contributed by atoms with van der Waals surface area (Å²) in [6, 6.07) is 5.50. The molecular weight excluding hydrogens is 348 g/mol. The molecule has 0 aliphatic carbocycles. The monoisotopic (exact) mass is 370 g/mol. The topological polar surface area (TPSA) is 113 Å². The molecule has 2 N–H and O–H groups in total. The second kappa shape index (κ2) is 8.41. The van der Waals surface area contributed by atoms with Gasteiger partial charge in [0, 0.05) is 31.1 Å². The van der Waals surface area contributed by atoms with E-state index in [9.17, 15) is 18.0 Å². The van der Waals surface area contributed by atoms with Crippen molar-refractivity contribution in [1.29, 1.82) is 0 Å². The lowest BCUT2D eigenvalue weighted by Crippen LogP contribution is -2.40. The fraction of sp³-hybridized carbons (Fsp3) is 0.500. The molecule has 0 bridgehead atoms. The molecule has 0 spiro atoms. The van der Waals surface area contributed by atoms with Gasteiger partial charge in [0.05, 0.1) is 18.1 Å². The van der Waals surface area contributed by atoms with E-state index >= 15 is 0 Å². The molecule has 1 aliphatic heterocycles. The van der Waals surface area contributed by atoms with E-state index in [1.165, 1.54) is 28.6 Å². The number of sulfonamides is 1. The number of nitrogens with one attached hydrogen (secondary N) is 1. The standard InChI is InChI=1S/C16H22N2O6S/c1-12(5-6-15(19)20)17-16(21)13-3-2-4-14(11-13)25(22,23)18-7-9-24-10-8-18/h2-4,11-12H,5-10H2,1H3,(H,17,21)(H,19,20). The summed E-state index contributed by atoms with van der Waals surface area (Å²) in [5, 5.41) is 11.3. The van der Waals surface area contributed by atoms with Gasteiger partial charge in [0.25, 0.3) is 5.91 Å². The van der Waals surface area contributed by atoms with E-state index in [2.05, 4.69) is 5.32 Å². The van der Waals surface area contributed by atoms with Crippen molar-refractivity contribution in [2.75, 3.05) is 26.3 Å². The molecule has 1 fully saturated rings. The van der Waals surface area contributed by atoms with Crippen molar-refractivity contribution in [2.45, 2.75) is 30.7 Å². The minimum absolute atomic E-state index is 0.0487. The quantitative estimate of drug-likeness (QED) is 0.730. The van der Waals surface area contributed by atoms with Crippen LogP contribution < -0.4 is 5.32 Å². The zero-order valence-corrected chi connectivity index (χ0v) is 14.8. The van der Waals surface area contributed by atoms with Gasteiger partial charge < -0.3 is 15.2 Å². The molecule has 1 atom stereocenters. The van der Waals surface area contributed by atoms with Crippen LogP contribution >= 0.6 is 0 Å². The van der Waals surface area contributed by atoms with E-state index in [0.717, 1.165) is 0 Å². The Balaban J connectivity index is 2.09. The van der Waals surface area contributed by atoms with Crippen LogP contribution in [0.3, 0.4) is 0 Å². The van der Waals surface area contributed by atoms with Crippen LogP contribution in [-0.2, 0) is 19.6 Å². The Hall–Kier alpha value is -1.97. The van der Waals surface area contributed by atoms with Gasteiger partial charge in [-0.05, 0) is 31.5 Å². The number of ether oxygens (including phenoxy) is 1. The Bertz CT molecular complexity index is 728. The number of aliphatic carboxylic acids is 1. The van der Waals surface area contributed by atoms with Crippen molar-refractivity contribution in [1.82, 2.24) is 9.62 Å². The molecule has 0 aromatic heterocycles. The van der Waals surface area contributed by atoms with Crippen molar-refractivity contribution in [2.24, 2.45) is 0 Å². The van der Waals surface area contributed by atoms with Gasteiger partial charge in [0.1, 0.15) is 0 Å². The first kappa shape index (κ1) is 19.4. The van der Waals surface area contributed by atoms with Gasteiger partial charge in [0.2, 0.25) is 10.0 Å². The van der Waals surface area contributed by atoms with Crippen LogP contribution in [-0.4, -0.2) is 62.1 Å². The number of hydrogen-bond donors (Lipinski definition) is 2. The molecule has 138 valence electrons. The van der Waals surface area contributed by atoms with Crippen molar-refractivity contribution in [3.05, 3.63) is 29.8 Å². The number of carbonyl (C=O) groups is 2. The summed E-state index contributed by atoms with van der Waals surface area (Å²) >= 11 is 0. The fourth-order valence-corrected chi connectivity index (χ4v) is 3.91. The largest absolute Gasteiger partial charge is 0.481 e. The van der Waals surface area contributed by atoms with Crippen molar-refractivity contribution in [3.63, 3.8) is 0 Å². The number of rotatable bonds is 7. The summed E-state index contributed by atoms with van der Waals surface area (Å²) in [6.45, 7) is 2.96. The second-order valence-electron chi connectivity index (χ2n) is 5.85. The van der Waals surface area contributed by atoms with E-state index in [1.807, 2.05) is 0 Å². The molecule has 1 aromatic carbocycles. The van der Waals surface area contributed by atoms with Crippen LogP contribution in [0.1, 0.15) is 30.1 Å². The highest BCUT2D eigenvalue weighted by atomic mass is 32.2. The molecule has 1 aliphatic rings. The van der Waals surface area contributed by atoms with E-state index < -0.39 is 21.9 Å². The first-order chi connectivity index (χ1) is 11.8. The highest BCUT2D eigenvalue weighted by Crippen LogP contribution is 2.18. The summed E-state index contributed by atoms with van der Waals surface area (Å²) in [4.78, 5) is 22.9. The van der Waals surface area contributed by atoms with E-state index in [-0.39, 0.29) is 36.0 Å². The Morgan fingerprint density at radius 2 is 2.00 bits per heavy atom. The Kier molecular flexibility index (Phi) is 6.51. The van der Waals surface area contributed by atoms with E-state index in [0.29, 0.717) is 19.6 Å². The lowest BCUT2D eigenvalue weighted by molar-refractivity contribution is -0.137. The third kappa shape index (κ3) is 5.25. The maximum absolute atomic E-state index is 12.6. The van der Waals surface area contributed by atoms with Gasteiger partial charge in [-0.2, -0.15) is 4.31 Å². The van der Waals surface area contributed by atoms with Crippen LogP contribution in [0.25, 0.3) is 0 Å². The Morgan fingerprint density at radius 1 is 1.32 bits per heavy atom. The van der Waals surface area contributed by atoms with Crippen molar-refractivity contribution >= 4 is 21.9 Å². The molecule has 0 saturated carbocycles. The first-order valence-electron chi connectivity index (χ1n) is 8.01. The average molecular weight is 370 g/mol. The average Bonchev–Trinajstić information content (AvgIpc) is 2.61. The molecule has 0 radical (unpaired) electrons. The molecule has 2 rings (SSSR count). The van der Waals surface area contributed by atoms with Crippen LogP contribution in [0.5, 0.6) is 0 Å². The molecule has 1 saturated heterocycles. The van der Waals surface area contributed by atoms with Gasteiger partial charge in [-0.15, -0.1) is 0 Å². The van der Waals surface area contributed by atoms with Gasteiger partial charge in [-0.1, -0.05) is 6.07 Å². The zero-order valence-electron chi connectivity index (χ0n) is 14.0. The number of carbonyl (C=O) groups excluding carboxylic acids is 1. The molecule has 1 unspecified atom stereocenters. The fourth-order valence-electron chi connectivity index (χ4n) is 2.45. The van der Waals surface area contributed by atoms with E-state index in [4.69, 9.17) is 9.84 Å². The summed E-state index contributed by atoms with van der Waals surface area (Å²) in [7, 11) is -3.67. The van der Waals surface area contributed by atoms with Gasteiger partial charge in [0.15, 0.2) is 0 Å². The van der Waals surface area contributed by atoms with Crippen molar-refractivity contribution in [3.8, 4) is 0 Å². The van der Waals surface area contributed by atoms with Crippen LogP contribution in [0.4, 0.5) is 0 Å². The highest BCUT2D eigenvalue weighted by molar-refractivity contribution is 7.89. The molecule has 9 heteroatoms. The molecule has 25 heavy (non-hydrogen) atoms. The first-order valence-corrected chi connectivity index (χ1v) is 9.45. The third-order valence-electron chi connectivity index (χ3n) is 3.87. The van der Waals surface area contributed by atoms with E-state index in [1.54, 1.807) is 6.92 Å². The second-order valence-corrected chi connectivity index (χ2v) is 7.79. The maximum Gasteiger partial charge on any atom is 0.303 e. The van der Waals surface area contributed by atoms with Gasteiger partial charge in [-0.3, -0.25) is 9.59 Å². The molecule has 1 aromatic rings. The number of amides is 1. The number of hydrogen-bond acceptors (Lipinski definition) is 5. The van der Waals surface area contributed by atoms with Crippen LogP contribution in [0.15, 0.2) is 29.2 Å². The number of nitrogens with zero attached hydrogens (tertiary/aromatic N) is 1.